The van der Waals surface area contributed by atoms with E-state index in [2.05, 4.69) is 32.0 Å². The van der Waals surface area contributed by atoms with E-state index in [9.17, 15) is 5.11 Å². The Kier molecular flexibility index (Phi) is 1.99. The quantitative estimate of drug-likeness (QED) is 0.743. The highest BCUT2D eigenvalue weighted by molar-refractivity contribution is 5.86. The molecule has 0 amide bonds. The number of hydrogen-bond acceptors (Lipinski definition) is 1. The molecule has 2 aromatic rings. The third-order valence-corrected chi connectivity index (χ3v) is 4.89. The minimum absolute atomic E-state index is 0.0130. The summed E-state index contributed by atoms with van der Waals surface area (Å²) in [5, 5.41) is 10.3. The Balaban J connectivity index is 2.13. The highest BCUT2D eigenvalue weighted by atomic mass is 16.3. The number of phenols is 1. The van der Waals surface area contributed by atoms with Gasteiger partial charge in [0, 0.05) is 11.0 Å². The summed E-state index contributed by atoms with van der Waals surface area (Å²) in [6.07, 6.45) is 3.67. The first-order valence-electron chi connectivity index (χ1n) is 7.09. The maximum atomic E-state index is 10.3. The number of phenolic OH excluding ortho intramolecular Hbond substituents is 1. The van der Waals surface area contributed by atoms with Crippen LogP contribution in [0.4, 0.5) is 0 Å². The molecular formula is C18H18O. The lowest BCUT2D eigenvalue weighted by Crippen LogP contribution is -2.17. The number of aryl methyl sites for hydroxylation is 1. The largest absolute Gasteiger partial charge is 0.507 e. The molecule has 2 aliphatic rings. The van der Waals surface area contributed by atoms with Crippen molar-refractivity contribution in [1.29, 1.82) is 0 Å². The highest BCUT2D eigenvalue weighted by Crippen LogP contribution is 2.54. The Morgan fingerprint density at radius 1 is 1.05 bits per heavy atom. The van der Waals surface area contributed by atoms with Crippen molar-refractivity contribution in [3.8, 4) is 16.9 Å². The number of aromatic hydroxyl groups is 1. The minimum Gasteiger partial charge on any atom is -0.507 e. The molecule has 0 saturated carbocycles. The zero-order valence-corrected chi connectivity index (χ0v) is 11.5. The molecule has 0 aromatic heterocycles. The number of rotatable bonds is 0. The summed E-state index contributed by atoms with van der Waals surface area (Å²) in [4.78, 5) is 0. The Morgan fingerprint density at radius 3 is 2.74 bits per heavy atom. The van der Waals surface area contributed by atoms with Gasteiger partial charge >= 0.3 is 0 Å². The van der Waals surface area contributed by atoms with E-state index < -0.39 is 0 Å². The summed E-state index contributed by atoms with van der Waals surface area (Å²) >= 11 is 0. The average molecular weight is 250 g/mol. The van der Waals surface area contributed by atoms with Gasteiger partial charge in [0.05, 0.1) is 0 Å². The average Bonchev–Trinajstić information content (AvgIpc) is 2.92. The van der Waals surface area contributed by atoms with E-state index in [0.717, 1.165) is 5.56 Å². The molecule has 1 heteroatoms. The molecule has 0 spiro atoms. The van der Waals surface area contributed by atoms with Crippen LogP contribution in [0.1, 0.15) is 42.5 Å². The number of benzene rings is 2. The summed E-state index contributed by atoms with van der Waals surface area (Å²) in [5.74, 6) is 0.419. The zero-order chi connectivity index (χ0) is 13.2. The Bertz CT molecular complexity index is 695. The second-order valence-electron chi connectivity index (χ2n) is 6.30. The van der Waals surface area contributed by atoms with E-state index in [4.69, 9.17) is 0 Å². The van der Waals surface area contributed by atoms with E-state index in [1.807, 2.05) is 6.07 Å². The van der Waals surface area contributed by atoms with Crippen LogP contribution in [0, 0.1) is 0 Å². The summed E-state index contributed by atoms with van der Waals surface area (Å²) < 4.78 is 0. The number of fused-ring (bicyclic) bond motifs is 5. The minimum atomic E-state index is 0.0130. The molecule has 2 aliphatic carbocycles. The first-order valence-corrected chi connectivity index (χ1v) is 7.09. The second kappa shape index (κ2) is 3.41. The fraction of sp³-hybridized carbons (Fsp3) is 0.333. The molecule has 2 aromatic carbocycles. The third kappa shape index (κ3) is 1.25. The lowest BCUT2D eigenvalue weighted by atomic mass is 9.79. The van der Waals surface area contributed by atoms with Crippen LogP contribution >= 0.6 is 0 Å². The van der Waals surface area contributed by atoms with Gasteiger partial charge in [-0.05, 0) is 53.1 Å². The van der Waals surface area contributed by atoms with Crippen molar-refractivity contribution in [2.75, 3.05) is 0 Å². The Hall–Kier alpha value is -1.76. The molecule has 0 heterocycles. The molecule has 4 rings (SSSR count). The van der Waals surface area contributed by atoms with Gasteiger partial charge in [-0.3, -0.25) is 0 Å². The molecular weight excluding hydrogens is 232 g/mol. The van der Waals surface area contributed by atoms with Crippen molar-refractivity contribution in [1.82, 2.24) is 0 Å². The van der Waals surface area contributed by atoms with Crippen molar-refractivity contribution in [3.63, 3.8) is 0 Å². The second-order valence-corrected chi connectivity index (χ2v) is 6.30. The van der Waals surface area contributed by atoms with Crippen molar-refractivity contribution in [3.05, 3.63) is 52.6 Å². The number of hydrogen-bond donors (Lipinski definition) is 1. The Labute approximate surface area is 113 Å². The van der Waals surface area contributed by atoms with E-state index in [1.54, 1.807) is 6.07 Å². The summed E-state index contributed by atoms with van der Waals surface area (Å²) in [5.41, 5.74) is 8.09. The molecule has 0 radical (unpaired) electrons. The molecule has 0 fully saturated rings. The SMILES string of the molecule is CC1(C)c2cccc(O)c2-c2ccc3c(c21)CCC3. The van der Waals surface area contributed by atoms with Gasteiger partial charge in [0.25, 0.3) is 0 Å². The van der Waals surface area contributed by atoms with Crippen LogP contribution in [0.3, 0.4) is 0 Å². The van der Waals surface area contributed by atoms with Crippen molar-refractivity contribution in [2.24, 2.45) is 0 Å². The molecule has 0 unspecified atom stereocenters. The molecule has 96 valence electrons. The first kappa shape index (κ1) is 11.1. The van der Waals surface area contributed by atoms with E-state index >= 15 is 0 Å². The van der Waals surface area contributed by atoms with Gasteiger partial charge in [-0.15, -0.1) is 0 Å². The lowest BCUT2D eigenvalue weighted by Gasteiger charge is -2.24. The van der Waals surface area contributed by atoms with Gasteiger partial charge in [-0.2, -0.15) is 0 Å². The van der Waals surface area contributed by atoms with E-state index in [1.165, 1.54) is 47.1 Å². The van der Waals surface area contributed by atoms with Gasteiger partial charge in [0.1, 0.15) is 5.75 Å². The van der Waals surface area contributed by atoms with Gasteiger partial charge in [-0.1, -0.05) is 38.1 Å². The maximum absolute atomic E-state index is 10.3. The maximum Gasteiger partial charge on any atom is 0.123 e. The normalized spacial score (nSPS) is 18.0. The fourth-order valence-corrected chi connectivity index (χ4v) is 4.07. The van der Waals surface area contributed by atoms with Gasteiger partial charge < -0.3 is 5.11 Å². The molecule has 0 saturated heterocycles. The Morgan fingerprint density at radius 2 is 1.89 bits per heavy atom. The molecule has 1 nitrogen and oxygen atoms in total. The van der Waals surface area contributed by atoms with Crippen LogP contribution < -0.4 is 0 Å². The molecule has 1 N–H and O–H groups in total. The van der Waals surface area contributed by atoms with E-state index in [-0.39, 0.29) is 5.41 Å². The van der Waals surface area contributed by atoms with Crippen molar-refractivity contribution < 1.29 is 5.11 Å². The molecule has 0 bridgehead atoms. The summed E-state index contributed by atoms with van der Waals surface area (Å²) in [6, 6.07) is 10.4. The molecule has 0 aliphatic heterocycles. The van der Waals surface area contributed by atoms with Crippen LogP contribution in [-0.2, 0) is 18.3 Å². The smallest absolute Gasteiger partial charge is 0.123 e. The third-order valence-electron chi connectivity index (χ3n) is 4.89. The van der Waals surface area contributed by atoms with E-state index in [0.29, 0.717) is 5.75 Å². The molecule has 19 heavy (non-hydrogen) atoms. The summed E-state index contributed by atoms with van der Waals surface area (Å²) in [6.45, 7) is 4.57. The topological polar surface area (TPSA) is 20.2 Å². The van der Waals surface area contributed by atoms with Gasteiger partial charge in [0.2, 0.25) is 0 Å². The van der Waals surface area contributed by atoms with Crippen LogP contribution in [0.2, 0.25) is 0 Å². The highest BCUT2D eigenvalue weighted by Gasteiger charge is 2.39. The standard InChI is InChI=1S/C18H18O/c1-18(2)14-7-4-8-15(19)16(14)13-10-9-11-5-3-6-12(11)17(13)18/h4,7-10,19H,3,5-6H2,1-2H3. The lowest BCUT2D eigenvalue weighted by molar-refractivity contribution is 0.476. The summed E-state index contributed by atoms with van der Waals surface area (Å²) in [7, 11) is 0. The van der Waals surface area contributed by atoms with Crippen LogP contribution in [0.5, 0.6) is 5.75 Å². The van der Waals surface area contributed by atoms with Crippen LogP contribution in [0.15, 0.2) is 30.3 Å². The van der Waals surface area contributed by atoms with Crippen LogP contribution in [0.25, 0.3) is 11.1 Å². The zero-order valence-electron chi connectivity index (χ0n) is 11.5. The predicted molar refractivity (Wildman–Crippen MR) is 77.7 cm³/mol. The van der Waals surface area contributed by atoms with Crippen molar-refractivity contribution >= 4 is 0 Å². The monoisotopic (exact) mass is 250 g/mol. The van der Waals surface area contributed by atoms with Crippen LogP contribution in [-0.4, -0.2) is 5.11 Å². The fourth-order valence-electron chi connectivity index (χ4n) is 4.07. The molecule has 0 atom stereocenters. The predicted octanol–water partition coefficient (Wildman–Crippen LogP) is 4.19. The van der Waals surface area contributed by atoms with Gasteiger partial charge in [-0.25, -0.2) is 0 Å². The van der Waals surface area contributed by atoms with Gasteiger partial charge in [0.15, 0.2) is 0 Å². The first-order chi connectivity index (χ1) is 9.10. The van der Waals surface area contributed by atoms with Crippen molar-refractivity contribution in [2.45, 2.75) is 38.5 Å².